The summed E-state index contributed by atoms with van der Waals surface area (Å²) >= 11 is 1.63. The van der Waals surface area contributed by atoms with Gasteiger partial charge in [-0.2, -0.15) is 0 Å². The summed E-state index contributed by atoms with van der Waals surface area (Å²) in [5, 5.41) is 4.94. The summed E-state index contributed by atoms with van der Waals surface area (Å²) in [5.41, 5.74) is 3.89. The number of carbonyl (C=O) groups is 2. The lowest BCUT2D eigenvalue weighted by Crippen LogP contribution is -2.46. The SMILES string of the molecule is COCCN(CC(=O)N(CCc1ccc(OC)c(OC)c1)Cc1sccc1C)C(=O)Nc1cccc(C)c1. The van der Waals surface area contributed by atoms with E-state index in [1.54, 1.807) is 32.7 Å². The van der Waals surface area contributed by atoms with Crippen molar-refractivity contribution < 1.29 is 23.8 Å². The number of amides is 3. The predicted octanol–water partition coefficient (Wildman–Crippen LogP) is 5.13. The maximum Gasteiger partial charge on any atom is 0.322 e. The van der Waals surface area contributed by atoms with Crippen molar-refractivity contribution in [1.82, 2.24) is 9.80 Å². The van der Waals surface area contributed by atoms with Gasteiger partial charge in [0.05, 0.1) is 27.4 Å². The number of anilines is 1. The highest BCUT2D eigenvalue weighted by atomic mass is 32.1. The third-order valence-electron chi connectivity index (χ3n) is 6.22. The Bertz CT molecular complexity index is 1210. The van der Waals surface area contributed by atoms with Gasteiger partial charge in [0.1, 0.15) is 6.54 Å². The first-order valence-electron chi connectivity index (χ1n) is 12.5. The largest absolute Gasteiger partial charge is 0.493 e. The summed E-state index contributed by atoms with van der Waals surface area (Å²) in [4.78, 5) is 31.2. The first-order chi connectivity index (χ1) is 18.3. The minimum Gasteiger partial charge on any atom is -0.493 e. The average Bonchev–Trinajstić information content (AvgIpc) is 3.32. The standard InChI is InChI=1S/C29H37N3O5S/c1-21-7-6-8-24(17-21)30-29(34)32(14-15-35-3)20-28(33)31(19-27-22(2)12-16-38-27)13-11-23-9-10-25(36-4)26(18-23)37-5/h6-10,12,16-18H,11,13-15,19-20H2,1-5H3,(H,30,34). The number of carbonyl (C=O) groups excluding carboxylic acids is 2. The number of hydrogen-bond donors (Lipinski definition) is 1. The highest BCUT2D eigenvalue weighted by Crippen LogP contribution is 2.28. The van der Waals surface area contributed by atoms with Gasteiger partial charge in [-0.25, -0.2) is 4.79 Å². The van der Waals surface area contributed by atoms with Crippen LogP contribution in [-0.2, 0) is 22.5 Å². The van der Waals surface area contributed by atoms with Crippen molar-refractivity contribution in [3.8, 4) is 11.5 Å². The highest BCUT2D eigenvalue weighted by Gasteiger charge is 2.23. The molecule has 9 heteroatoms. The quantitative estimate of drug-likeness (QED) is 0.326. The van der Waals surface area contributed by atoms with Crippen molar-refractivity contribution in [2.45, 2.75) is 26.8 Å². The zero-order chi connectivity index (χ0) is 27.5. The van der Waals surface area contributed by atoms with E-state index in [2.05, 4.69) is 11.4 Å². The maximum absolute atomic E-state index is 13.6. The van der Waals surface area contributed by atoms with E-state index in [0.29, 0.717) is 49.8 Å². The van der Waals surface area contributed by atoms with E-state index >= 15 is 0 Å². The van der Waals surface area contributed by atoms with E-state index in [0.717, 1.165) is 21.6 Å². The van der Waals surface area contributed by atoms with Crippen LogP contribution in [0.25, 0.3) is 0 Å². The van der Waals surface area contributed by atoms with Gasteiger partial charge in [0.15, 0.2) is 11.5 Å². The molecule has 204 valence electrons. The number of hydrogen-bond acceptors (Lipinski definition) is 6. The number of nitrogens with zero attached hydrogens (tertiary/aromatic N) is 2. The molecule has 1 N–H and O–H groups in total. The molecule has 0 aliphatic rings. The molecule has 0 aliphatic heterocycles. The van der Waals surface area contributed by atoms with Gasteiger partial charge in [0.25, 0.3) is 0 Å². The molecule has 1 aromatic heterocycles. The van der Waals surface area contributed by atoms with Crippen LogP contribution in [0.2, 0.25) is 0 Å². The van der Waals surface area contributed by atoms with Gasteiger partial charge >= 0.3 is 6.03 Å². The molecular formula is C29H37N3O5S. The lowest BCUT2D eigenvalue weighted by atomic mass is 10.1. The Kier molecular flexibility index (Phi) is 11.0. The fourth-order valence-corrected chi connectivity index (χ4v) is 4.89. The van der Waals surface area contributed by atoms with E-state index in [1.165, 1.54) is 4.90 Å². The molecule has 2 aromatic carbocycles. The maximum atomic E-state index is 13.6. The zero-order valence-corrected chi connectivity index (χ0v) is 23.6. The van der Waals surface area contributed by atoms with Crippen LogP contribution in [0.4, 0.5) is 10.5 Å². The third kappa shape index (κ3) is 8.22. The molecule has 0 spiro atoms. The van der Waals surface area contributed by atoms with Gasteiger partial charge in [-0.15, -0.1) is 11.3 Å². The molecule has 0 saturated carbocycles. The zero-order valence-electron chi connectivity index (χ0n) is 22.8. The van der Waals surface area contributed by atoms with E-state index in [4.69, 9.17) is 14.2 Å². The third-order valence-corrected chi connectivity index (χ3v) is 7.23. The molecule has 1 heterocycles. The van der Waals surface area contributed by atoms with Crippen LogP contribution < -0.4 is 14.8 Å². The van der Waals surface area contributed by atoms with Crippen molar-refractivity contribution >= 4 is 29.0 Å². The molecule has 3 aromatic rings. The van der Waals surface area contributed by atoms with E-state index in [-0.39, 0.29) is 18.5 Å². The van der Waals surface area contributed by atoms with Gasteiger partial charge in [-0.3, -0.25) is 4.79 Å². The van der Waals surface area contributed by atoms with Crippen molar-refractivity contribution in [3.63, 3.8) is 0 Å². The molecule has 0 atom stereocenters. The summed E-state index contributed by atoms with van der Waals surface area (Å²) < 4.78 is 16.0. The second-order valence-electron chi connectivity index (χ2n) is 9.00. The fraction of sp³-hybridized carbons (Fsp3) is 0.379. The summed E-state index contributed by atoms with van der Waals surface area (Å²) in [6.07, 6.45) is 0.629. The molecule has 8 nitrogen and oxygen atoms in total. The molecule has 3 rings (SSSR count). The highest BCUT2D eigenvalue weighted by molar-refractivity contribution is 7.10. The van der Waals surface area contributed by atoms with Crippen LogP contribution in [0.1, 0.15) is 21.6 Å². The molecule has 0 fully saturated rings. The fourth-order valence-electron chi connectivity index (χ4n) is 3.97. The van der Waals surface area contributed by atoms with Gasteiger partial charge < -0.3 is 29.3 Å². The first kappa shape index (κ1) is 29.0. The van der Waals surface area contributed by atoms with Crippen LogP contribution in [0.15, 0.2) is 53.9 Å². The van der Waals surface area contributed by atoms with Crippen molar-refractivity contribution in [1.29, 1.82) is 0 Å². The second-order valence-corrected chi connectivity index (χ2v) is 10.00. The molecule has 0 radical (unpaired) electrons. The minimum absolute atomic E-state index is 0.0582. The number of urea groups is 1. The number of aryl methyl sites for hydroxylation is 2. The van der Waals surface area contributed by atoms with Crippen molar-refractivity contribution in [3.05, 3.63) is 75.5 Å². The Morgan fingerprint density at radius 3 is 2.37 bits per heavy atom. The van der Waals surface area contributed by atoms with Gasteiger partial charge in [0.2, 0.25) is 5.91 Å². The van der Waals surface area contributed by atoms with E-state index in [1.807, 2.05) is 66.6 Å². The van der Waals surface area contributed by atoms with E-state index in [9.17, 15) is 9.59 Å². The van der Waals surface area contributed by atoms with Crippen LogP contribution in [0.5, 0.6) is 11.5 Å². The Hall–Kier alpha value is -3.56. The smallest absolute Gasteiger partial charge is 0.322 e. The van der Waals surface area contributed by atoms with Crippen LogP contribution in [-0.4, -0.2) is 69.3 Å². The Balaban J connectivity index is 1.76. The number of thiophene rings is 1. The molecule has 0 unspecified atom stereocenters. The normalized spacial score (nSPS) is 10.7. The van der Waals surface area contributed by atoms with Gasteiger partial charge in [0, 0.05) is 30.8 Å². The van der Waals surface area contributed by atoms with Crippen molar-refractivity contribution in [2.24, 2.45) is 0 Å². The Morgan fingerprint density at radius 2 is 1.71 bits per heavy atom. The first-order valence-corrected chi connectivity index (χ1v) is 13.4. The number of nitrogens with one attached hydrogen (secondary N) is 1. The number of benzene rings is 2. The minimum atomic E-state index is -0.340. The number of rotatable bonds is 13. The summed E-state index contributed by atoms with van der Waals surface area (Å²) in [5.74, 6) is 1.18. The molecule has 0 aliphatic carbocycles. The summed E-state index contributed by atoms with van der Waals surface area (Å²) in [6.45, 7) is 5.53. The predicted molar refractivity (Wildman–Crippen MR) is 151 cm³/mol. The van der Waals surface area contributed by atoms with E-state index < -0.39 is 0 Å². The second kappa shape index (κ2) is 14.4. The van der Waals surface area contributed by atoms with Gasteiger partial charge in [-0.05, 0) is 72.7 Å². The molecule has 3 amide bonds. The van der Waals surface area contributed by atoms with Crippen LogP contribution >= 0.6 is 11.3 Å². The molecule has 0 bridgehead atoms. The topological polar surface area (TPSA) is 80.3 Å². The Morgan fingerprint density at radius 1 is 0.921 bits per heavy atom. The van der Waals surface area contributed by atoms with Crippen LogP contribution in [0, 0.1) is 13.8 Å². The molecular weight excluding hydrogens is 502 g/mol. The lowest BCUT2D eigenvalue weighted by molar-refractivity contribution is -0.132. The molecule has 0 saturated heterocycles. The summed E-state index contributed by atoms with van der Waals surface area (Å²) in [7, 11) is 4.78. The monoisotopic (exact) mass is 539 g/mol. The number of ether oxygens (including phenoxy) is 3. The lowest BCUT2D eigenvalue weighted by Gasteiger charge is -2.28. The van der Waals surface area contributed by atoms with Crippen LogP contribution in [0.3, 0.4) is 0 Å². The number of methoxy groups -OCH3 is 3. The average molecular weight is 540 g/mol. The van der Waals surface area contributed by atoms with Gasteiger partial charge in [-0.1, -0.05) is 18.2 Å². The molecule has 38 heavy (non-hydrogen) atoms. The van der Waals surface area contributed by atoms with Crippen molar-refractivity contribution in [2.75, 3.05) is 52.9 Å². The Labute approximate surface area is 229 Å². The summed E-state index contributed by atoms with van der Waals surface area (Å²) in [6, 6.07) is 15.0.